The van der Waals surface area contributed by atoms with Crippen molar-refractivity contribution >= 4 is 50.9 Å². The minimum atomic E-state index is -4.74. The molecule has 4 rings (SSSR count). The van der Waals surface area contributed by atoms with Crippen molar-refractivity contribution in [3.8, 4) is 0 Å². The maximum Gasteiger partial charge on any atom is 0.420 e. The third-order valence-electron chi connectivity index (χ3n) is 5.43. The van der Waals surface area contributed by atoms with E-state index in [-0.39, 0.29) is 22.6 Å². The number of anilines is 2. The summed E-state index contributed by atoms with van der Waals surface area (Å²) in [6.07, 6.45) is -0.908. The quantitative estimate of drug-likeness (QED) is 0.472. The second-order valence-electron chi connectivity index (χ2n) is 7.59. The van der Waals surface area contributed by atoms with Gasteiger partial charge in [0, 0.05) is 34.5 Å². The van der Waals surface area contributed by atoms with Gasteiger partial charge in [-0.15, -0.1) is 0 Å². The van der Waals surface area contributed by atoms with Crippen LogP contribution in [-0.2, 0) is 11.0 Å². The number of fused-ring (bicyclic) bond motifs is 1. The fourth-order valence-electron chi connectivity index (χ4n) is 3.94. The van der Waals surface area contributed by atoms with E-state index in [4.69, 9.17) is 0 Å². The van der Waals surface area contributed by atoms with Gasteiger partial charge in [-0.25, -0.2) is 4.79 Å². The van der Waals surface area contributed by atoms with Gasteiger partial charge in [0.25, 0.3) is 5.91 Å². The monoisotopic (exact) mass is 496 g/mol. The molecule has 2 aromatic rings. The van der Waals surface area contributed by atoms with Crippen LogP contribution in [0.3, 0.4) is 0 Å². The molecule has 0 unspecified atom stereocenters. The van der Waals surface area contributed by atoms with Crippen LogP contribution >= 0.6 is 15.9 Å². The third kappa shape index (κ3) is 4.21. The van der Waals surface area contributed by atoms with Gasteiger partial charge in [0.15, 0.2) is 0 Å². The zero-order chi connectivity index (χ0) is 22.3. The Morgan fingerprint density at radius 1 is 1.23 bits per heavy atom. The predicted octanol–water partition coefficient (Wildman–Crippen LogP) is 5.61. The summed E-state index contributed by atoms with van der Waals surface area (Å²) in [4.78, 5) is 29.2. The van der Waals surface area contributed by atoms with Gasteiger partial charge >= 0.3 is 12.2 Å². The number of amides is 3. The van der Waals surface area contributed by atoms with Crippen molar-refractivity contribution in [1.29, 1.82) is 0 Å². The van der Waals surface area contributed by atoms with Gasteiger partial charge < -0.3 is 20.5 Å². The largest absolute Gasteiger partial charge is 0.420 e. The van der Waals surface area contributed by atoms with Crippen molar-refractivity contribution in [2.75, 3.05) is 23.7 Å². The van der Waals surface area contributed by atoms with Crippen LogP contribution in [-0.4, -0.2) is 34.9 Å². The molecule has 0 atom stereocenters. The second kappa shape index (κ2) is 8.07. The fourth-order valence-corrected chi connectivity index (χ4v) is 4.30. The molecule has 3 amide bonds. The molecule has 10 heteroatoms. The minimum Gasteiger partial charge on any atom is -0.357 e. The number of nitrogens with zero attached hydrogens (tertiary/aromatic N) is 1. The van der Waals surface area contributed by atoms with Crippen LogP contribution in [0.2, 0.25) is 0 Å². The molecule has 1 aromatic heterocycles. The Balaban J connectivity index is 1.75. The molecule has 1 aromatic carbocycles. The standard InChI is InChI=1S/C21H20BrF3N4O2/c1-11-18(28-20(31)29-7-3-2-4-8-29)17(21(23,24)25)16(26-11)10-14-13-9-12(22)5-6-15(13)27-19(14)30/h5-6,9-10,26H,2-4,7-8H2,1H3,(H,27,30)(H,28,31)/b14-10-. The molecular weight excluding hydrogens is 477 g/mol. The first-order valence-corrected chi connectivity index (χ1v) is 10.6. The van der Waals surface area contributed by atoms with Crippen LogP contribution in [0.4, 0.5) is 29.3 Å². The second-order valence-corrected chi connectivity index (χ2v) is 8.51. The smallest absolute Gasteiger partial charge is 0.357 e. The number of hydrogen-bond acceptors (Lipinski definition) is 2. The van der Waals surface area contributed by atoms with Crippen LogP contribution in [0.15, 0.2) is 22.7 Å². The van der Waals surface area contributed by atoms with Gasteiger partial charge in [-0.1, -0.05) is 15.9 Å². The molecule has 3 heterocycles. The van der Waals surface area contributed by atoms with Crippen molar-refractivity contribution in [2.24, 2.45) is 0 Å². The molecule has 1 fully saturated rings. The van der Waals surface area contributed by atoms with Gasteiger partial charge in [0.2, 0.25) is 0 Å². The number of aryl methyl sites for hydroxylation is 1. The van der Waals surface area contributed by atoms with Crippen molar-refractivity contribution in [1.82, 2.24) is 9.88 Å². The van der Waals surface area contributed by atoms with Crippen LogP contribution in [0.5, 0.6) is 0 Å². The van der Waals surface area contributed by atoms with E-state index in [1.807, 2.05) is 0 Å². The molecule has 6 nitrogen and oxygen atoms in total. The lowest BCUT2D eigenvalue weighted by Gasteiger charge is -2.27. The average Bonchev–Trinajstić information content (AvgIpc) is 3.19. The molecule has 2 aliphatic rings. The summed E-state index contributed by atoms with van der Waals surface area (Å²) in [7, 11) is 0. The van der Waals surface area contributed by atoms with E-state index < -0.39 is 23.7 Å². The normalized spacial score (nSPS) is 17.6. The first kappa shape index (κ1) is 21.5. The summed E-state index contributed by atoms with van der Waals surface area (Å²) in [5.74, 6) is -0.493. The number of benzene rings is 1. The number of H-pyrrole nitrogens is 1. The SMILES string of the molecule is Cc1[nH]c(/C=C2\C(=O)Nc3ccc(Br)cc32)c(C(F)(F)F)c1NC(=O)N1CCCCC1. The number of likely N-dealkylation sites (tertiary alicyclic amines) is 1. The average molecular weight is 497 g/mol. The molecule has 2 aliphatic heterocycles. The number of carbonyl (C=O) groups excluding carboxylic acids is 2. The van der Waals surface area contributed by atoms with Gasteiger partial charge in [-0.05, 0) is 50.5 Å². The molecule has 0 spiro atoms. The van der Waals surface area contributed by atoms with E-state index >= 15 is 0 Å². The number of alkyl halides is 3. The molecule has 164 valence electrons. The number of aromatic nitrogens is 1. The van der Waals surface area contributed by atoms with E-state index in [9.17, 15) is 22.8 Å². The number of piperidine rings is 1. The van der Waals surface area contributed by atoms with Crippen molar-refractivity contribution in [3.05, 3.63) is 45.2 Å². The van der Waals surface area contributed by atoms with Gasteiger partial charge in [0.05, 0.1) is 17.0 Å². The van der Waals surface area contributed by atoms with Crippen LogP contribution in [0.25, 0.3) is 11.6 Å². The Morgan fingerprint density at radius 3 is 2.61 bits per heavy atom. The van der Waals surface area contributed by atoms with Gasteiger partial charge in [-0.2, -0.15) is 13.2 Å². The lowest BCUT2D eigenvalue weighted by Crippen LogP contribution is -2.39. The molecule has 3 N–H and O–H groups in total. The lowest BCUT2D eigenvalue weighted by molar-refractivity contribution is -0.137. The highest BCUT2D eigenvalue weighted by molar-refractivity contribution is 9.10. The highest BCUT2D eigenvalue weighted by Gasteiger charge is 2.40. The van der Waals surface area contributed by atoms with Crippen LogP contribution in [0.1, 0.15) is 41.8 Å². The highest BCUT2D eigenvalue weighted by Crippen LogP contribution is 2.42. The number of urea groups is 1. The Morgan fingerprint density at radius 2 is 1.94 bits per heavy atom. The number of carbonyl (C=O) groups is 2. The topological polar surface area (TPSA) is 77.2 Å². The molecule has 31 heavy (non-hydrogen) atoms. The molecule has 0 saturated carbocycles. The Kier molecular flexibility index (Phi) is 5.59. The van der Waals surface area contributed by atoms with E-state index in [2.05, 4.69) is 31.5 Å². The van der Waals surface area contributed by atoms with E-state index in [0.29, 0.717) is 28.8 Å². The van der Waals surface area contributed by atoms with E-state index in [0.717, 1.165) is 19.3 Å². The van der Waals surface area contributed by atoms with E-state index in [1.54, 1.807) is 18.2 Å². The maximum atomic E-state index is 14.0. The van der Waals surface area contributed by atoms with Crippen molar-refractivity contribution in [2.45, 2.75) is 32.4 Å². The number of hydrogen-bond donors (Lipinski definition) is 3. The molecule has 0 radical (unpaired) electrons. The van der Waals surface area contributed by atoms with Crippen molar-refractivity contribution in [3.63, 3.8) is 0 Å². The van der Waals surface area contributed by atoms with Crippen LogP contribution in [0, 0.1) is 6.92 Å². The van der Waals surface area contributed by atoms with Gasteiger partial charge in [0.1, 0.15) is 5.56 Å². The number of aromatic amines is 1. The van der Waals surface area contributed by atoms with E-state index in [1.165, 1.54) is 17.9 Å². The zero-order valence-electron chi connectivity index (χ0n) is 16.6. The fraction of sp³-hybridized carbons (Fsp3) is 0.333. The van der Waals surface area contributed by atoms with Gasteiger partial charge in [-0.3, -0.25) is 4.79 Å². The number of halogens is 4. The molecule has 0 bridgehead atoms. The lowest BCUT2D eigenvalue weighted by atomic mass is 10.0. The third-order valence-corrected chi connectivity index (χ3v) is 5.92. The summed E-state index contributed by atoms with van der Waals surface area (Å²) < 4.78 is 42.8. The highest BCUT2D eigenvalue weighted by atomic mass is 79.9. The van der Waals surface area contributed by atoms with Crippen LogP contribution < -0.4 is 10.6 Å². The Bertz CT molecular complexity index is 1090. The first-order valence-electron chi connectivity index (χ1n) is 9.84. The van der Waals surface area contributed by atoms with Crippen molar-refractivity contribution < 1.29 is 22.8 Å². The first-order chi connectivity index (χ1) is 14.6. The Hall–Kier alpha value is -2.75. The molecule has 0 aliphatic carbocycles. The number of rotatable bonds is 2. The summed E-state index contributed by atoms with van der Waals surface area (Å²) in [5, 5.41) is 5.09. The summed E-state index contributed by atoms with van der Waals surface area (Å²) >= 11 is 3.32. The predicted molar refractivity (Wildman–Crippen MR) is 116 cm³/mol. The minimum absolute atomic E-state index is 0.108. The molecule has 1 saturated heterocycles. The Labute approximate surface area is 185 Å². The maximum absolute atomic E-state index is 14.0. The summed E-state index contributed by atoms with van der Waals surface area (Å²) in [5.41, 5.74) is -0.304. The molecular formula is C21H20BrF3N4O2. The summed E-state index contributed by atoms with van der Waals surface area (Å²) in [6.45, 7) is 2.49. The number of nitrogens with one attached hydrogen (secondary N) is 3. The summed E-state index contributed by atoms with van der Waals surface area (Å²) in [6, 6.07) is 4.52. The zero-order valence-corrected chi connectivity index (χ0v) is 18.2.